The molecule has 5 nitrogen and oxygen atoms in total. The largest absolute Gasteiger partial charge is 0.396 e. The Hall–Kier alpha value is -0.980. The van der Waals surface area contributed by atoms with Gasteiger partial charge >= 0.3 is 0 Å². The predicted molar refractivity (Wildman–Crippen MR) is 70.4 cm³/mol. The summed E-state index contributed by atoms with van der Waals surface area (Å²) in [6.07, 6.45) is 2.96. The van der Waals surface area contributed by atoms with Gasteiger partial charge in [0.05, 0.1) is 6.04 Å². The summed E-state index contributed by atoms with van der Waals surface area (Å²) in [6.45, 7) is 1.98. The fourth-order valence-corrected chi connectivity index (χ4v) is 3.05. The first-order chi connectivity index (χ1) is 8.61. The molecule has 1 aliphatic carbocycles. The monoisotopic (exact) mass is 269 g/mol. The summed E-state index contributed by atoms with van der Waals surface area (Å²) in [7, 11) is 0. The molecule has 100 valence electrons. The molecule has 1 aromatic heterocycles. The number of hydrogen-bond acceptors (Lipinski definition) is 5. The van der Waals surface area contributed by atoms with Crippen molar-refractivity contribution in [2.45, 2.75) is 38.3 Å². The minimum absolute atomic E-state index is 0.0722. The molecule has 4 N–H and O–H groups in total. The maximum Gasteiger partial charge on any atom is 0.270 e. The summed E-state index contributed by atoms with van der Waals surface area (Å²) in [5, 5.41) is 14.7. The molecule has 0 aromatic carbocycles. The third kappa shape index (κ3) is 2.88. The van der Waals surface area contributed by atoms with Gasteiger partial charge in [-0.1, -0.05) is 6.42 Å². The Labute approximate surface area is 110 Å². The van der Waals surface area contributed by atoms with Crippen molar-refractivity contribution >= 4 is 17.2 Å². The van der Waals surface area contributed by atoms with Crippen molar-refractivity contribution < 1.29 is 9.90 Å². The molecule has 0 radical (unpaired) electrons. The Kier molecular flexibility index (Phi) is 4.31. The second-order valence-electron chi connectivity index (χ2n) is 4.81. The third-order valence-electron chi connectivity index (χ3n) is 3.35. The fourth-order valence-electron chi connectivity index (χ4n) is 2.29. The van der Waals surface area contributed by atoms with E-state index in [0.717, 1.165) is 24.3 Å². The first-order valence-corrected chi connectivity index (χ1v) is 7.12. The van der Waals surface area contributed by atoms with Gasteiger partial charge in [-0.15, -0.1) is 11.3 Å². The van der Waals surface area contributed by atoms with Crippen LogP contribution >= 0.6 is 11.3 Å². The predicted octanol–water partition coefficient (Wildman–Crippen LogP) is 1.05. The Morgan fingerprint density at radius 3 is 3.11 bits per heavy atom. The van der Waals surface area contributed by atoms with Gasteiger partial charge in [-0.25, -0.2) is 4.98 Å². The molecule has 1 saturated carbocycles. The number of nitrogens with two attached hydrogens (primary N) is 1. The van der Waals surface area contributed by atoms with Crippen LogP contribution in [-0.2, 0) is 0 Å². The number of carbonyl (C=O) groups excluding carboxylic acids is 1. The van der Waals surface area contributed by atoms with Crippen molar-refractivity contribution in [2.75, 3.05) is 6.61 Å². The van der Waals surface area contributed by atoms with Gasteiger partial charge in [-0.2, -0.15) is 0 Å². The van der Waals surface area contributed by atoms with E-state index in [-0.39, 0.29) is 30.5 Å². The number of aliphatic hydroxyl groups excluding tert-OH is 1. The van der Waals surface area contributed by atoms with Gasteiger partial charge in [-0.3, -0.25) is 4.79 Å². The Balaban J connectivity index is 1.98. The van der Waals surface area contributed by atoms with Crippen LogP contribution in [0.4, 0.5) is 0 Å². The number of aliphatic hydroxyl groups is 1. The lowest BCUT2D eigenvalue weighted by Crippen LogP contribution is -2.38. The summed E-state index contributed by atoms with van der Waals surface area (Å²) in [6, 6.07) is -0.0730. The summed E-state index contributed by atoms with van der Waals surface area (Å²) < 4.78 is 0. The van der Waals surface area contributed by atoms with Gasteiger partial charge in [0.25, 0.3) is 5.91 Å². The summed E-state index contributed by atoms with van der Waals surface area (Å²) in [5.74, 6) is 0.0176. The minimum Gasteiger partial charge on any atom is -0.396 e. The van der Waals surface area contributed by atoms with Gasteiger partial charge in [0.2, 0.25) is 0 Å². The number of carbonyl (C=O) groups is 1. The van der Waals surface area contributed by atoms with E-state index >= 15 is 0 Å². The highest BCUT2D eigenvalue weighted by molar-refractivity contribution is 7.09. The van der Waals surface area contributed by atoms with E-state index in [1.54, 1.807) is 5.38 Å². The number of hydrogen-bond donors (Lipinski definition) is 3. The molecule has 3 atom stereocenters. The van der Waals surface area contributed by atoms with E-state index in [2.05, 4.69) is 10.3 Å². The first-order valence-electron chi connectivity index (χ1n) is 6.24. The second-order valence-corrected chi connectivity index (χ2v) is 5.70. The quantitative estimate of drug-likeness (QED) is 0.762. The average Bonchev–Trinajstić information content (AvgIpc) is 2.96. The highest BCUT2D eigenvalue weighted by Gasteiger charge is 2.28. The molecule has 0 spiro atoms. The molecular formula is C12H19N3O2S. The molecule has 1 amide bonds. The maximum atomic E-state index is 12.0. The summed E-state index contributed by atoms with van der Waals surface area (Å²) in [5.41, 5.74) is 6.14. The van der Waals surface area contributed by atoms with Crippen LogP contribution in [0, 0.1) is 5.92 Å². The first kappa shape index (κ1) is 13.5. The van der Waals surface area contributed by atoms with Gasteiger partial charge in [0, 0.05) is 23.9 Å². The Morgan fingerprint density at radius 2 is 2.50 bits per heavy atom. The topological polar surface area (TPSA) is 88.2 Å². The van der Waals surface area contributed by atoms with Crippen LogP contribution in [0.1, 0.15) is 47.7 Å². The van der Waals surface area contributed by atoms with E-state index in [1.165, 1.54) is 11.3 Å². The van der Waals surface area contributed by atoms with Crippen molar-refractivity contribution in [1.29, 1.82) is 0 Å². The molecule has 0 saturated heterocycles. The van der Waals surface area contributed by atoms with Crippen molar-refractivity contribution in [3.05, 3.63) is 16.1 Å². The van der Waals surface area contributed by atoms with Crippen molar-refractivity contribution in [1.82, 2.24) is 10.3 Å². The van der Waals surface area contributed by atoms with Crippen LogP contribution in [0.15, 0.2) is 5.38 Å². The molecule has 0 aliphatic heterocycles. The van der Waals surface area contributed by atoms with E-state index in [4.69, 9.17) is 5.73 Å². The molecule has 2 rings (SSSR count). The highest BCUT2D eigenvalue weighted by Crippen LogP contribution is 2.25. The number of nitrogens with one attached hydrogen (secondary N) is 1. The Morgan fingerprint density at radius 1 is 1.72 bits per heavy atom. The highest BCUT2D eigenvalue weighted by atomic mass is 32.1. The lowest BCUT2D eigenvalue weighted by Gasteiger charge is -2.18. The van der Waals surface area contributed by atoms with Crippen molar-refractivity contribution in [3.63, 3.8) is 0 Å². The zero-order chi connectivity index (χ0) is 13.1. The number of thiazole rings is 1. The molecule has 0 bridgehead atoms. The third-order valence-corrected chi connectivity index (χ3v) is 4.40. The molecule has 1 aromatic rings. The normalized spacial score (nSPS) is 25.1. The minimum atomic E-state index is -0.163. The number of nitrogens with zero attached hydrogens (tertiary/aromatic N) is 1. The van der Waals surface area contributed by atoms with Gasteiger partial charge in [0.15, 0.2) is 0 Å². The van der Waals surface area contributed by atoms with Crippen LogP contribution in [0.3, 0.4) is 0 Å². The standard InChI is InChI=1S/C12H19N3O2S/c1-7(13)12-15-10(6-18-12)11(17)14-9-4-2-3-8(9)5-16/h6-9,16H,2-5,13H2,1H3,(H,14,17). The second kappa shape index (κ2) is 5.77. The van der Waals surface area contributed by atoms with Crippen molar-refractivity contribution in [2.24, 2.45) is 11.7 Å². The van der Waals surface area contributed by atoms with Gasteiger partial charge in [-0.05, 0) is 19.8 Å². The summed E-state index contributed by atoms with van der Waals surface area (Å²) >= 11 is 1.40. The van der Waals surface area contributed by atoms with Gasteiger partial charge < -0.3 is 16.2 Å². The number of aromatic nitrogens is 1. The molecule has 1 aliphatic rings. The van der Waals surface area contributed by atoms with E-state index in [0.29, 0.717) is 5.69 Å². The zero-order valence-electron chi connectivity index (χ0n) is 10.4. The summed E-state index contributed by atoms with van der Waals surface area (Å²) in [4.78, 5) is 16.2. The number of rotatable bonds is 4. The SMILES string of the molecule is CC(N)c1nc(C(=O)NC2CCCC2CO)cs1. The molecule has 6 heteroatoms. The smallest absolute Gasteiger partial charge is 0.270 e. The molecular weight excluding hydrogens is 250 g/mol. The molecule has 1 fully saturated rings. The van der Waals surface area contributed by atoms with Crippen LogP contribution in [0.5, 0.6) is 0 Å². The molecule has 18 heavy (non-hydrogen) atoms. The molecule has 3 unspecified atom stereocenters. The number of amides is 1. The fraction of sp³-hybridized carbons (Fsp3) is 0.667. The van der Waals surface area contributed by atoms with Gasteiger partial charge in [0.1, 0.15) is 10.7 Å². The van der Waals surface area contributed by atoms with Crippen LogP contribution in [0.2, 0.25) is 0 Å². The Bertz CT molecular complexity index is 419. The maximum absolute atomic E-state index is 12.0. The van der Waals surface area contributed by atoms with E-state index < -0.39 is 0 Å². The van der Waals surface area contributed by atoms with Crippen LogP contribution in [0.25, 0.3) is 0 Å². The van der Waals surface area contributed by atoms with Crippen molar-refractivity contribution in [3.8, 4) is 0 Å². The lowest BCUT2D eigenvalue weighted by atomic mass is 10.1. The average molecular weight is 269 g/mol. The molecule has 1 heterocycles. The lowest BCUT2D eigenvalue weighted by molar-refractivity contribution is 0.0911. The van der Waals surface area contributed by atoms with E-state index in [1.807, 2.05) is 6.92 Å². The zero-order valence-corrected chi connectivity index (χ0v) is 11.2. The van der Waals surface area contributed by atoms with Crippen LogP contribution in [-0.4, -0.2) is 28.6 Å². The van der Waals surface area contributed by atoms with E-state index in [9.17, 15) is 9.90 Å². The van der Waals surface area contributed by atoms with Crippen LogP contribution < -0.4 is 11.1 Å².